The molecule has 1 aliphatic carbocycles. The van der Waals surface area contributed by atoms with Crippen molar-refractivity contribution >= 4 is 35.0 Å². The van der Waals surface area contributed by atoms with Gasteiger partial charge in [0.05, 0.1) is 22.4 Å². The third kappa shape index (κ3) is 6.03. The monoisotopic (exact) mass is 409 g/mol. The van der Waals surface area contributed by atoms with Crippen LogP contribution in [0.1, 0.15) is 55.6 Å². The van der Waals surface area contributed by atoms with E-state index in [9.17, 15) is 9.59 Å². The van der Waals surface area contributed by atoms with Crippen molar-refractivity contribution in [2.45, 2.75) is 68.9 Å². The summed E-state index contributed by atoms with van der Waals surface area (Å²) in [6, 6.07) is -0.285. The van der Waals surface area contributed by atoms with Crippen LogP contribution in [0.3, 0.4) is 0 Å². The number of hydrogen-bond donors (Lipinski definition) is 2. The maximum Gasteiger partial charge on any atom is 0.321 e. The second-order valence-corrected chi connectivity index (χ2v) is 8.91. The van der Waals surface area contributed by atoms with E-state index in [4.69, 9.17) is 4.42 Å². The normalized spacial score (nSPS) is 16.1. The van der Waals surface area contributed by atoms with Gasteiger partial charge in [0.1, 0.15) is 0 Å². The van der Waals surface area contributed by atoms with E-state index in [1.807, 2.05) is 12.3 Å². The van der Waals surface area contributed by atoms with Crippen LogP contribution in [-0.4, -0.2) is 38.4 Å². The molecule has 1 aliphatic rings. The fourth-order valence-electron chi connectivity index (χ4n) is 2.89. The summed E-state index contributed by atoms with van der Waals surface area (Å²) in [5.41, 5.74) is 0.878. The van der Waals surface area contributed by atoms with Gasteiger partial charge in [0.2, 0.25) is 11.8 Å². The highest BCUT2D eigenvalue weighted by Crippen LogP contribution is 2.23. The smallest absolute Gasteiger partial charge is 0.321 e. The minimum Gasteiger partial charge on any atom is -0.416 e. The summed E-state index contributed by atoms with van der Waals surface area (Å²) < 4.78 is 5.57. The lowest BCUT2D eigenvalue weighted by atomic mass is 9.96. The number of rotatable bonds is 6. The van der Waals surface area contributed by atoms with E-state index in [2.05, 4.69) is 25.8 Å². The van der Waals surface area contributed by atoms with E-state index in [0.29, 0.717) is 17.5 Å². The summed E-state index contributed by atoms with van der Waals surface area (Å²) in [4.78, 5) is 28.5. The molecular weight excluding hydrogens is 386 g/mol. The first-order chi connectivity index (χ1) is 13.0. The van der Waals surface area contributed by atoms with Gasteiger partial charge in [0.15, 0.2) is 0 Å². The summed E-state index contributed by atoms with van der Waals surface area (Å²) in [6.45, 7) is 3.63. The molecular formula is C17H23N5O3S2. The van der Waals surface area contributed by atoms with Crippen LogP contribution in [0.4, 0.5) is 4.79 Å². The molecule has 0 spiro atoms. The Bertz CT molecular complexity index is 785. The van der Waals surface area contributed by atoms with Gasteiger partial charge in [-0.3, -0.25) is 10.1 Å². The van der Waals surface area contributed by atoms with Gasteiger partial charge in [-0.05, 0) is 26.7 Å². The number of nitrogens with zero attached hydrogens (tertiary/aromatic N) is 3. The van der Waals surface area contributed by atoms with Crippen molar-refractivity contribution < 1.29 is 14.0 Å². The molecule has 10 heteroatoms. The standard InChI is InChI=1S/C17H23N5O3S2/c1-10(15(23)20-16(24)19-12-6-4-3-5-7-12)27-17-22-21-14(25-17)8-13-9-26-11(2)18-13/h9-10,12H,3-8H2,1-2H3,(H2,19,20,23,24)/t10-/m1/s1. The molecule has 146 valence electrons. The quantitative estimate of drug-likeness (QED) is 0.706. The van der Waals surface area contributed by atoms with Crippen molar-refractivity contribution in [1.82, 2.24) is 25.8 Å². The number of urea groups is 1. The number of thioether (sulfide) groups is 1. The lowest BCUT2D eigenvalue weighted by molar-refractivity contribution is -0.119. The number of aryl methyl sites for hydroxylation is 1. The predicted octanol–water partition coefficient (Wildman–Crippen LogP) is 3.06. The molecule has 0 aliphatic heterocycles. The molecule has 1 saturated carbocycles. The van der Waals surface area contributed by atoms with Crippen molar-refractivity contribution in [1.29, 1.82) is 0 Å². The van der Waals surface area contributed by atoms with Crippen LogP contribution in [0.5, 0.6) is 0 Å². The molecule has 2 aromatic heterocycles. The van der Waals surface area contributed by atoms with Crippen LogP contribution < -0.4 is 10.6 Å². The van der Waals surface area contributed by atoms with Crippen LogP contribution in [0.25, 0.3) is 0 Å². The Morgan fingerprint density at radius 2 is 2.11 bits per heavy atom. The number of thiazole rings is 1. The highest BCUT2D eigenvalue weighted by molar-refractivity contribution is 8.00. The molecule has 2 aromatic rings. The molecule has 0 aromatic carbocycles. The maximum absolute atomic E-state index is 12.2. The number of carbonyl (C=O) groups is 2. The Balaban J connectivity index is 1.45. The summed E-state index contributed by atoms with van der Waals surface area (Å²) in [6.07, 6.45) is 5.84. The topological polar surface area (TPSA) is 110 Å². The highest BCUT2D eigenvalue weighted by Gasteiger charge is 2.22. The van der Waals surface area contributed by atoms with Gasteiger partial charge in [0.25, 0.3) is 5.22 Å². The van der Waals surface area contributed by atoms with Crippen LogP contribution in [-0.2, 0) is 11.2 Å². The molecule has 1 atom stereocenters. The van der Waals surface area contributed by atoms with Crippen LogP contribution >= 0.6 is 23.1 Å². The summed E-state index contributed by atoms with van der Waals surface area (Å²) >= 11 is 2.69. The summed E-state index contributed by atoms with van der Waals surface area (Å²) in [5.74, 6) is 0.0636. The third-order valence-electron chi connectivity index (χ3n) is 4.27. The first kappa shape index (κ1) is 19.8. The van der Waals surface area contributed by atoms with E-state index in [0.717, 1.165) is 48.1 Å². The lowest BCUT2D eigenvalue weighted by Gasteiger charge is -2.22. The van der Waals surface area contributed by atoms with E-state index in [1.165, 1.54) is 6.42 Å². The van der Waals surface area contributed by atoms with Crippen molar-refractivity contribution in [3.05, 3.63) is 22.0 Å². The zero-order chi connectivity index (χ0) is 19.2. The molecule has 3 amide bonds. The van der Waals surface area contributed by atoms with Gasteiger partial charge in [0, 0.05) is 11.4 Å². The summed E-state index contributed by atoms with van der Waals surface area (Å²) in [7, 11) is 0. The van der Waals surface area contributed by atoms with Gasteiger partial charge in [-0.15, -0.1) is 21.5 Å². The Kier molecular flexibility index (Phi) is 6.84. The van der Waals surface area contributed by atoms with Gasteiger partial charge in [-0.25, -0.2) is 9.78 Å². The van der Waals surface area contributed by atoms with Crippen LogP contribution in [0, 0.1) is 6.92 Å². The molecule has 0 unspecified atom stereocenters. The maximum atomic E-state index is 12.2. The third-order valence-corrected chi connectivity index (χ3v) is 6.03. The number of hydrogen-bond acceptors (Lipinski definition) is 8. The van der Waals surface area contributed by atoms with Gasteiger partial charge in [-0.1, -0.05) is 31.0 Å². The average molecular weight is 410 g/mol. The molecule has 8 nitrogen and oxygen atoms in total. The molecule has 2 N–H and O–H groups in total. The fraction of sp³-hybridized carbons (Fsp3) is 0.588. The zero-order valence-corrected chi connectivity index (χ0v) is 17.0. The number of imide groups is 1. The molecule has 0 radical (unpaired) electrons. The van der Waals surface area contributed by atoms with Crippen molar-refractivity contribution in [3.63, 3.8) is 0 Å². The zero-order valence-electron chi connectivity index (χ0n) is 15.4. The van der Waals surface area contributed by atoms with Crippen molar-refractivity contribution in [3.8, 4) is 0 Å². The van der Waals surface area contributed by atoms with Gasteiger partial charge >= 0.3 is 6.03 Å². The Labute approximate surface area is 165 Å². The Morgan fingerprint density at radius 1 is 1.33 bits per heavy atom. The highest BCUT2D eigenvalue weighted by atomic mass is 32.2. The molecule has 0 saturated heterocycles. The Hall–Kier alpha value is -1.94. The van der Waals surface area contributed by atoms with E-state index in [-0.39, 0.29) is 11.9 Å². The van der Waals surface area contributed by atoms with Crippen molar-refractivity contribution in [2.75, 3.05) is 0 Å². The predicted molar refractivity (Wildman–Crippen MR) is 103 cm³/mol. The van der Waals surface area contributed by atoms with Crippen molar-refractivity contribution in [2.24, 2.45) is 0 Å². The molecule has 0 bridgehead atoms. The number of amides is 3. The largest absolute Gasteiger partial charge is 0.416 e. The van der Waals surface area contributed by atoms with Crippen LogP contribution in [0.2, 0.25) is 0 Å². The SMILES string of the molecule is Cc1nc(Cc2nnc(S[C@H](C)C(=O)NC(=O)NC3CCCCC3)o2)cs1. The molecule has 2 heterocycles. The molecule has 3 rings (SSSR count). The minimum absolute atomic E-state index is 0.155. The van der Waals surface area contributed by atoms with Crippen LogP contribution in [0.15, 0.2) is 15.0 Å². The second-order valence-electron chi connectivity index (χ2n) is 6.55. The fourth-order valence-corrected chi connectivity index (χ4v) is 4.20. The van der Waals surface area contributed by atoms with Gasteiger partial charge < -0.3 is 9.73 Å². The first-order valence-electron chi connectivity index (χ1n) is 9.01. The second kappa shape index (κ2) is 9.32. The number of nitrogens with one attached hydrogen (secondary N) is 2. The number of aromatic nitrogens is 3. The number of carbonyl (C=O) groups excluding carboxylic acids is 2. The lowest BCUT2D eigenvalue weighted by Crippen LogP contribution is -2.47. The van der Waals surface area contributed by atoms with E-state index < -0.39 is 11.3 Å². The first-order valence-corrected chi connectivity index (χ1v) is 10.8. The summed E-state index contributed by atoms with van der Waals surface area (Å²) in [5, 5.41) is 15.9. The van der Waals surface area contributed by atoms with E-state index in [1.54, 1.807) is 18.3 Å². The molecule has 27 heavy (non-hydrogen) atoms. The van der Waals surface area contributed by atoms with E-state index >= 15 is 0 Å². The molecule has 1 fully saturated rings. The van der Waals surface area contributed by atoms with Gasteiger partial charge in [-0.2, -0.15) is 0 Å². The minimum atomic E-state index is -0.531. The average Bonchev–Trinajstić information content (AvgIpc) is 3.24. The Morgan fingerprint density at radius 3 is 2.81 bits per heavy atom.